The third-order valence-electron chi connectivity index (χ3n) is 3.55. The van der Waals surface area contributed by atoms with E-state index in [0.717, 1.165) is 0 Å². The molecule has 0 aromatic carbocycles. The van der Waals surface area contributed by atoms with Crippen molar-refractivity contribution in [2.24, 2.45) is 5.41 Å². The number of rotatable bonds is 3. The molecule has 1 atom stereocenters. The van der Waals surface area contributed by atoms with Gasteiger partial charge in [0.25, 0.3) is 0 Å². The fourth-order valence-corrected chi connectivity index (χ4v) is 2.39. The number of ether oxygens (including phenoxy) is 2. The fourth-order valence-electron chi connectivity index (χ4n) is 2.39. The number of carbonyl (C=O) groups is 2. The van der Waals surface area contributed by atoms with Gasteiger partial charge in [-0.1, -0.05) is 13.8 Å². The van der Waals surface area contributed by atoms with Crippen LogP contribution in [-0.4, -0.2) is 41.8 Å². The Kier molecular flexibility index (Phi) is 3.90. The highest BCUT2D eigenvalue weighted by molar-refractivity contribution is 5.90. The van der Waals surface area contributed by atoms with Crippen LogP contribution < -0.4 is 0 Å². The lowest BCUT2D eigenvalue weighted by Crippen LogP contribution is -2.50. The second kappa shape index (κ2) is 4.69. The smallest absolute Gasteiger partial charge is 0.411 e. The molecule has 1 aliphatic rings. The van der Waals surface area contributed by atoms with Gasteiger partial charge in [-0.05, 0) is 34.1 Å². The van der Waals surface area contributed by atoms with Crippen LogP contribution in [0.15, 0.2) is 0 Å². The van der Waals surface area contributed by atoms with E-state index < -0.39 is 17.2 Å². The van der Waals surface area contributed by atoms with Gasteiger partial charge in [0.05, 0.1) is 6.61 Å². The van der Waals surface area contributed by atoms with Gasteiger partial charge in [0.1, 0.15) is 11.1 Å². The lowest BCUT2D eigenvalue weighted by molar-refractivity contribution is -0.152. The number of nitrogens with zero attached hydrogens (tertiary/aromatic N) is 1. The van der Waals surface area contributed by atoms with E-state index in [2.05, 4.69) is 0 Å². The lowest BCUT2D eigenvalue weighted by atomic mass is 10.0. The van der Waals surface area contributed by atoms with Crippen LogP contribution in [0, 0.1) is 5.41 Å². The number of hydrogen-bond acceptors (Lipinski definition) is 4. The Morgan fingerprint density at radius 2 is 1.74 bits per heavy atom. The van der Waals surface area contributed by atoms with Crippen molar-refractivity contribution in [1.82, 2.24) is 4.90 Å². The Bertz CT molecular complexity index is 383. The van der Waals surface area contributed by atoms with Crippen LogP contribution in [0.5, 0.6) is 0 Å². The minimum absolute atomic E-state index is 0.287. The van der Waals surface area contributed by atoms with Crippen molar-refractivity contribution in [1.29, 1.82) is 0 Å². The molecule has 0 N–H and O–H groups in total. The molecule has 1 aliphatic carbocycles. The van der Waals surface area contributed by atoms with Gasteiger partial charge in [-0.3, -0.25) is 4.90 Å². The number of likely N-dealkylation sites (N-methyl/N-ethyl adjacent to an activating group) is 1. The van der Waals surface area contributed by atoms with Gasteiger partial charge in [0.2, 0.25) is 0 Å². The maximum absolute atomic E-state index is 12.2. The molecular weight excluding hydrogens is 246 g/mol. The van der Waals surface area contributed by atoms with Crippen LogP contribution >= 0.6 is 0 Å². The maximum atomic E-state index is 12.2. The first-order valence-electron chi connectivity index (χ1n) is 6.62. The van der Waals surface area contributed by atoms with Crippen molar-refractivity contribution in [2.75, 3.05) is 13.7 Å². The van der Waals surface area contributed by atoms with Gasteiger partial charge in [-0.2, -0.15) is 0 Å². The van der Waals surface area contributed by atoms with E-state index >= 15 is 0 Å². The number of hydrogen-bond donors (Lipinski definition) is 0. The Hall–Kier alpha value is -1.26. The van der Waals surface area contributed by atoms with Crippen molar-refractivity contribution in [3.8, 4) is 0 Å². The van der Waals surface area contributed by atoms with Crippen molar-refractivity contribution >= 4 is 12.1 Å². The number of carbonyl (C=O) groups excluding carboxylic acids is 2. The van der Waals surface area contributed by atoms with Crippen molar-refractivity contribution < 1.29 is 19.1 Å². The first-order chi connectivity index (χ1) is 8.48. The van der Waals surface area contributed by atoms with E-state index in [1.807, 2.05) is 13.8 Å². The summed E-state index contributed by atoms with van der Waals surface area (Å²) >= 11 is 0. The number of esters is 1. The topological polar surface area (TPSA) is 55.8 Å². The minimum atomic E-state index is -0.897. The first kappa shape index (κ1) is 15.8. The average Bonchev–Trinajstić information content (AvgIpc) is 2.80. The molecule has 0 aromatic rings. The van der Waals surface area contributed by atoms with Crippen LogP contribution in [0.4, 0.5) is 4.79 Å². The summed E-state index contributed by atoms with van der Waals surface area (Å²) in [5.41, 5.74) is -1.77. The van der Waals surface area contributed by atoms with Crippen molar-refractivity contribution in [2.45, 2.75) is 59.1 Å². The zero-order chi connectivity index (χ0) is 15.1. The van der Waals surface area contributed by atoms with E-state index in [1.165, 1.54) is 4.90 Å². The molecular formula is C14H25NO4. The summed E-state index contributed by atoms with van der Waals surface area (Å²) < 4.78 is 10.4. The van der Waals surface area contributed by atoms with E-state index in [-0.39, 0.29) is 11.4 Å². The van der Waals surface area contributed by atoms with Crippen LogP contribution in [0.2, 0.25) is 0 Å². The predicted octanol–water partition coefficient (Wildman–Crippen LogP) is 2.59. The SMILES string of the molecule is CCOC(=O)C1(N(C)C(=O)OC(C)(C)C)CC1(C)C. The Labute approximate surface area is 115 Å². The third kappa shape index (κ3) is 2.85. The fraction of sp³-hybridized carbons (Fsp3) is 0.857. The highest BCUT2D eigenvalue weighted by Crippen LogP contribution is 2.59. The summed E-state index contributed by atoms with van der Waals surface area (Å²) in [4.78, 5) is 25.7. The summed E-state index contributed by atoms with van der Waals surface area (Å²) in [5.74, 6) is -0.353. The molecule has 0 aliphatic heterocycles. The van der Waals surface area contributed by atoms with E-state index in [0.29, 0.717) is 13.0 Å². The van der Waals surface area contributed by atoms with E-state index in [4.69, 9.17) is 9.47 Å². The van der Waals surface area contributed by atoms with Crippen LogP contribution in [0.3, 0.4) is 0 Å². The maximum Gasteiger partial charge on any atom is 0.411 e. The molecule has 1 rings (SSSR count). The highest BCUT2D eigenvalue weighted by atomic mass is 16.6. The van der Waals surface area contributed by atoms with Crippen LogP contribution in [0.1, 0.15) is 48.0 Å². The van der Waals surface area contributed by atoms with E-state index in [9.17, 15) is 9.59 Å². The van der Waals surface area contributed by atoms with Gasteiger partial charge in [0, 0.05) is 12.5 Å². The normalized spacial score (nSPS) is 24.6. The molecule has 0 spiro atoms. The molecule has 1 unspecified atom stereocenters. The van der Waals surface area contributed by atoms with Crippen LogP contribution in [0.25, 0.3) is 0 Å². The molecule has 0 heterocycles. The van der Waals surface area contributed by atoms with Gasteiger partial charge < -0.3 is 9.47 Å². The molecule has 1 amide bonds. The van der Waals surface area contributed by atoms with Crippen molar-refractivity contribution in [3.05, 3.63) is 0 Å². The standard InChI is InChI=1S/C14H25NO4/c1-8-18-10(16)14(9-13(14,5)6)15(7)11(17)19-12(2,3)4/h8-9H2,1-7H3. The lowest BCUT2D eigenvalue weighted by Gasteiger charge is -2.31. The van der Waals surface area contributed by atoms with Gasteiger partial charge >= 0.3 is 12.1 Å². The van der Waals surface area contributed by atoms with E-state index in [1.54, 1.807) is 34.7 Å². The molecule has 0 radical (unpaired) electrons. The molecule has 1 fully saturated rings. The van der Waals surface area contributed by atoms with Crippen LogP contribution in [-0.2, 0) is 14.3 Å². The molecule has 19 heavy (non-hydrogen) atoms. The number of amides is 1. The first-order valence-corrected chi connectivity index (χ1v) is 6.62. The molecule has 110 valence electrons. The third-order valence-corrected chi connectivity index (χ3v) is 3.55. The van der Waals surface area contributed by atoms with Crippen molar-refractivity contribution in [3.63, 3.8) is 0 Å². The highest BCUT2D eigenvalue weighted by Gasteiger charge is 2.71. The molecule has 5 nitrogen and oxygen atoms in total. The summed E-state index contributed by atoms with van der Waals surface area (Å²) in [6.07, 6.45) is 0.0975. The summed E-state index contributed by atoms with van der Waals surface area (Å²) in [5, 5.41) is 0. The largest absolute Gasteiger partial charge is 0.464 e. The Morgan fingerprint density at radius 1 is 1.26 bits per heavy atom. The zero-order valence-corrected chi connectivity index (χ0v) is 13.0. The molecule has 1 saturated carbocycles. The second-order valence-electron chi connectivity index (χ2n) is 6.68. The molecule has 5 heteroatoms. The molecule has 0 saturated heterocycles. The zero-order valence-electron chi connectivity index (χ0n) is 13.0. The predicted molar refractivity (Wildman–Crippen MR) is 71.8 cm³/mol. The summed E-state index contributed by atoms with van der Waals surface area (Å²) in [6, 6.07) is 0. The summed E-state index contributed by atoms with van der Waals surface area (Å²) in [7, 11) is 1.60. The average molecular weight is 271 g/mol. The Balaban J connectivity index is 2.91. The van der Waals surface area contributed by atoms with Gasteiger partial charge in [-0.15, -0.1) is 0 Å². The summed E-state index contributed by atoms with van der Waals surface area (Å²) in [6.45, 7) is 11.4. The monoisotopic (exact) mass is 271 g/mol. The molecule has 0 aromatic heterocycles. The molecule has 0 bridgehead atoms. The second-order valence-corrected chi connectivity index (χ2v) is 6.68. The Morgan fingerprint density at radius 3 is 2.05 bits per heavy atom. The quantitative estimate of drug-likeness (QED) is 0.740. The van der Waals surface area contributed by atoms with Gasteiger partial charge in [0.15, 0.2) is 0 Å². The minimum Gasteiger partial charge on any atom is -0.464 e. The van der Waals surface area contributed by atoms with Gasteiger partial charge in [-0.25, -0.2) is 9.59 Å².